The van der Waals surface area contributed by atoms with Crippen LogP contribution in [0.5, 0.6) is 11.5 Å². The molecule has 0 radical (unpaired) electrons. The molecule has 0 amide bonds. The second-order valence-electron chi connectivity index (χ2n) is 6.78. The summed E-state index contributed by atoms with van der Waals surface area (Å²) in [4.78, 5) is 22.6. The van der Waals surface area contributed by atoms with E-state index in [4.69, 9.17) is 24.2 Å². The Hall–Kier alpha value is -3.56. The number of carboxylic acid groups (broad SMARTS) is 1. The highest BCUT2D eigenvalue weighted by Crippen LogP contribution is 2.32. The zero-order valence-corrected chi connectivity index (χ0v) is 17.2. The van der Waals surface area contributed by atoms with Gasteiger partial charge in [-0.2, -0.15) is 0 Å². The minimum atomic E-state index is -1.42. The van der Waals surface area contributed by atoms with Gasteiger partial charge in [0.1, 0.15) is 28.4 Å². The van der Waals surface area contributed by atoms with E-state index < -0.39 is 37.6 Å². The number of carbonyl (C=O) groups excluding carboxylic acids is 1. The highest BCUT2D eigenvalue weighted by molar-refractivity contribution is 6.52. The first-order chi connectivity index (χ1) is 15.2. The fourth-order valence-corrected chi connectivity index (χ4v) is 3.14. The summed E-state index contributed by atoms with van der Waals surface area (Å²) in [7, 11) is -2.25. The largest absolute Gasteiger partial charge is 0.552 e. The van der Waals surface area contributed by atoms with E-state index in [0.717, 1.165) is 17.2 Å². The van der Waals surface area contributed by atoms with E-state index in [9.17, 15) is 19.0 Å². The summed E-state index contributed by atoms with van der Waals surface area (Å²) in [6, 6.07) is 6.11. The van der Waals surface area contributed by atoms with Gasteiger partial charge in [0.15, 0.2) is 0 Å². The van der Waals surface area contributed by atoms with E-state index in [2.05, 4.69) is 0 Å². The van der Waals surface area contributed by atoms with Gasteiger partial charge in [0, 0.05) is 11.1 Å². The summed E-state index contributed by atoms with van der Waals surface area (Å²) in [5.41, 5.74) is 1.79. The van der Waals surface area contributed by atoms with Gasteiger partial charge >= 0.3 is 26.2 Å². The van der Waals surface area contributed by atoms with Crippen molar-refractivity contribution in [2.24, 2.45) is 0 Å². The molecule has 0 saturated carbocycles. The SMILES string of the molecule is CCOC(=O)c1c(C)ccc2c1OB(O)C=C2.O=C(O)c1c(F)ccc2c1OB(O)C=C2. The quantitative estimate of drug-likeness (QED) is 0.492. The van der Waals surface area contributed by atoms with Crippen LogP contribution in [0.3, 0.4) is 0 Å². The zero-order chi connectivity index (χ0) is 23.4. The lowest BCUT2D eigenvalue weighted by Crippen LogP contribution is -2.24. The molecule has 2 aliphatic heterocycles. The number of esters is 1. The van der Waals surface area contributed by atoms with Crippen LogP contribution >= 0.6 is 0 Å². The number of aryl methyl sites for hydroxylation is 1. The molecule has 2 aromatic carbocycles. The number of carboxylic acids is 1. The first kappa shape index (κ1) is 23.1. The minimum absolute atomic E-state index is 0.141. The van der Waals surface area contributed by atoms with Crippen LogP contribution in [0.25, 0.3) is 12.2 Å². The molecule has 8 nitrogen and oxygen atoms in total. The van der Waals surface area contributed by atoms with Gasteiger partial charge in [-0.1, -0.05) is 24.3 Å². The van der Waals surface area contributed by atoms with Crippen LogP contribution in [0.1, 0.15) is 44.3 Å². The third kappa shape index (κ3) is 4.84. The van der Waals surface area contributed by atoms with Gasteiger partial charge in [0.25, 0.3) is 0 Å². The number of hydrogen-bond acceptors (Lipinski definition) is 7. The van der Waals surface area contributed by atoms with Crippen molar-refractivity contribution in [2.75, 3.05) is 6.61 Å². The Kier molecular flexibility index (Phi) is 7.01. The summed E-state index contributed by atoms with van der Waals surface area (Å²) in [5.74, 6) is 0.370. The molecule has 0 aromatic heterocycles. The van der Waals surface area contributed by atoms with Gasteiger partial charge in [0.05, 0.1) is 6.61 Å². The second-order valence-corrected chi connectivity index (χ2v) is 6.78. The van der Waals surface area contributed by atoms with E-state index in [1.54, 1.807) is 19.9 Å². The maximum Gasteiger partial charge on any atom is 0.552 e. The molecule has 32 heavy (non-hydrogen) atoms. The Labute approximate surface area is 183 Å². The van der Waals surface area contributed by atoms with Crippen LogP contribution in [-0.4, -0.2) is 47.9 Å². The Balaban J connectivity index is 0.000000182. The third-order valence-electron chi connectivity index (χ3n) is 4.59. The molecule has 0 fully saturated rings. The number of aromatic carboxylic acids is 1. The predicted molar refractivity (Wildman–Crippen MR) is 116 cm³/mol. The molecule has 0 bridgehead atoms. The molecule has 0 saturated heterocycles. The Bertz CT molecular complexity index is 1120. The van der Waals surface area contributed by atoms with Gasteiger partial charge in [-0.25, -0.2) is 14.0 Å². The maximum atomic E-state index is 13.2. The molecular formula is C21H19B2FO8. The average Bonchev–Trinajstić information content (AvgIpc) is 2.73. The fourth-order valence-electron chi connectivity index (χ4n) is 3.14. The minimum Gasteiger partial charge on any atom is -0.532 e. The molecule has 0 atom stereocenters. The average molecular weight is 440 g/mol. The number of benzene rings is 2. The van der Waals surface area contributed by atoms with Crippen LogP contribution in [0, 0.1) is 12.7 Å². The summed E-state index contributed by atoms with van der Waals surface area (Å²) >= 11 is 0. The van der Waals surface area contributed by atoms with Crippen molar-refractivity contribution >= 4 is 38.3 Å². The first-order valence-corrected chi connectivity index (χ1v) is 9.65. The number of fused-ring (bicyclic) bond motifs is 2. The lowest BCUT2D eigenvalue weighted by molar-refractivity contribution is 0.0522. The van der Waals surface area contributed by atoms with E-state index in [0.29, 0.717) is 23.5 Å². The molecule has 3 N–H and O–H groups in total. The second kappa shape index (κ2) is 9.71. The zero-order valence-electron chi connectivity index (χ0n) is 17.2. The molecular weight excluding hydrogens is 421 g/mol. The first-order valence-electron chi connectivity index (χ1n) is 9.65. The van der Waals surface area contributed by atoms with Crippen molar-refractivity contribution < 1.29 is 43.2 Å². The molecule has 2 heterocycles. The van der Waals surface area contributed by atoms with Gasteiger partial charge in [0.2, 0.25) is 0 Å². The van der Waals surface area contributed by atoms with Gasteiger partial charge in [-0.15, -0.1) is 0 Å². The predicted octanol–water partition coefficient (Wildman–Crippen LogP) is 2.55. The van der Waals surface area contributed by atoms with Crippen molar-refractivity contribution in [3.05, 3.63) is 69.9 Å². The standard InChI is InChI=1S/C12H13BO4.C9H6BFO4/c1-3-16-12(14)10-8(2)4-5-9-6-7-13(15)17-11(9)10;11-6-2-1-5-3-4-10(14)15-8(5)7(6)9(12)13/h4-7,15H,3H2,1-2H3;1-4,14H,(H,12,13). The van der Waals surface area contributed by atoms with Crippen molar-refractivity contribution in [2.45, 2.75) is 13.8 Å². The van der Waals surface area contributed by atoms with Crippen LogP contribution < -0.4 is 9.31 Å². The van der Waals surface area contributed by atoms with Crippen LogP contribution in [0.15, 0.2) is 36.2 Å². The van der Waals surface area contributed by atoms with E-state index >= 15 is 0 Å². The van der Waals surface area contributed by atoms with Crippen LogP contribution in [-0.2, 0) is 4.74 Å². The third-order valence-corrected chi connectivity index (χ3v) is 4.59. The summed E-state index contributed by atoms with van der Waals surface area (Å²) in [6.07, 6.45) is 3.21. The van der Waals surface area contributed by atoms with Gasteiger partial charge < -0.3 is 29.2 Å². The highest BCUT2D eigenvalue weighted by atomic mass is 19.1. The summed E-state index contributed by atoms with van der Waals surface area (Å²) in [6.45, 7) is 3.86. The van der Waals surface area contributed by atoms with Crippen molar-refractivity contribution in [3.8, 4) is 11.5 Å². The number of halogens is 1. The lowest BCUT2D eigenvalue weighted by atomic mass is 9.85. The van der Waals surface area contributed by atoms with E-state index in [-0.39, 0.29) is 5.75 Å². The van der Waals surface area contributed by atoms with Crippen LogP contribution in [0.2, 0.25) is 0 Å². The molecule has 2 aromatic rings. The van der Waals surface area contributed by atoms with Crippen molar-refractivity contribution in [1.29, 1.82) is 0 Å². The molecule has 0 unspecified atom stereocenters. The van der Waals surface area contributed by atoms with Crippen molar-refractivity contribution in [1.82, 2.24) is 0 Å². The Morgan fingerprint density at radius 1 is 0.969 bits per heavy atom. The molecule has 164 valence electrons. The number of ether oxygens (including phenoxy) is 1. The lowest BCUT2D eigenvalue weighted by Gasteiger charge is -2.19. The van der Waals surface area contributed by atoms with Gasteiger partial charge in [-0.05, 0) is 43.5 Å². The Morgan fingerprint density at radius 2 is 1.50 bits per heavy atom. The Morgan fingerprint density at radius 3 is 2.03 bits per heavy atom. The van der Waals surface area contributed by atoms with Crippen molar-refractivity contribution in [3.63, 3.8) is 0 Å². The topological polar surface area (TPSA) is 123 Å². The maximum absolute atomic E-state index is 13.2. The molecule has 11 heteroatoms. The van der Waals surface area contributed by atoms with E-state index in [1.165, 1.54) is 24.1 Å². The van der Waals surface area contributed by atoms with Crippen LogP contribution in [0.4, 0.5) is 4.39 Å². The normalized spacial score (nSPS) is 13.2. The number of carbonyl (C=O) groups is 2. The highest BCUT2D eigenvalue weighted by Gasteiger charge is 2.27. The summed E-state index contributed by atoms with van der Waals surface area (Å²) < 4.78 is 28.3. The smallest absolute Gasteiger partial charge is 0.532 e. The number of rotatable bonds is 3. The van der Waals surface area contributed by atoms with Gasteiger partial charge in [-0.3, -0.25) is 0 Å². The summed E-state index contributed by atoms with van der Waals surface area (Å²) in [5, 5.41) is 27.3. The molecule has 0 spiro atoms. The molecule has 2 aliphatic rings. The molecule has 0 aliphatic carbocycles. The monoisotopic (exact) mass is 440 g/mol. The fraction of sp³-hybridized carbons (Fsp3) is 0.143. The molecule has 4 rings (SSSR count). The number of hydrogen-bond donors (Lipinski definition) is 3. The van der Waals surface area contributed by atoms with E-state index in [1.807, 2.05) is 12.1 Å².